The number of carboxylic acid groups (broad SMARTS) is 1. The van der Waals surface area contributed by atoms with Crippen LogP contribution in [0.1, 0.15) is 43.7 Å². The third-order valence-corrected chi connectivity index (χ3v) is 5.14. The Hall–Kier alpha value is -2.33. The van der Waals surface area contributed by atoms with Crippen molar-refractivity contribution in [2.75, 3.05) is 19.5 Å². The van der Waals surface area contributed by atoms with Gasteiger partial charge in [-0.05, 0) is 49.8 Å². The molecule has 0 saturated heterocycles. The minimum absolute atomic E-state index is 0.209. The summed E-state index contributed by atoms with van der Waals surface area (Å²) < 4.78 is 11.2. The van der Waals surface area contributed by atoms with Gasteiger partial charge < -0.3 is 19.9 Å². The second-order valence-electron chi connectivity index (χ2n) is 6.17. The first-order valence-corrected chi connectivity index (χ1v) is 9.80. The Balaban J connectivity index is 2.27. The molecule has 1 aromatic carbocycles. The number of nitrogens with one attached hydrogen (secondary N) is 1. The fourth-order valence-corrected chi connectivity index (χ4v) is 3.72. The number of rotatable bonds is 8. The number of nitriles is 1. The zero-order valence-corrected chi connectivity index (χ0v) is 15.9. The maximum atomic E-state index is 11.2. The van der Waals surface area contributed by atoms with Gasteiger partial charge in [0.05, 0.1) is 18.4 Å². The van der Waals surface area contributed by atoms with Gasteiger partial charge in [-0.2, -0.15) is 5.26 Å². The van der Waals surface area contributed by atoms with Crippen molar-refractivity contribution in [3.63, 3.8) is 0 Å². The van der Waals surface area contributed by atoms with Gasteiger partial charge in [-0.3, -0.25) is 0 Å². The van der Waals surface area contributed by atoms with Crippen LogP contribution in [0.2, 0.25) is 0 Å². The molecule has 0 atom stereocenters. The van der Waals surface area contributed by atoms with Gasteiger partial charge in [0.2, 0.25) is 0 Å². The fourth-order valence-electron chi connectivity index (χ4n) is 3.11. The molecule has 6 nitrogen and oxygen atoms in total. The van der Waals surface area contributed by atoms with Crippen molar-refractivity contribution in [3.8, 4) is 11.8 Å². The number of thioether (sulfide) groups is 1. The Bertz CT molecular complexity index is 706. The zero-order chi connectivity index (χ0) is 19.0. The van der Waals surface area contributed by atoms with Crippen molar-refractivity contribution in [3.05, 3.63) is 29.5 Å². The molecule has 0 heterocycles. The lowest BCUT2D eigenvalue weighted by atomic mass is 9.99. The van der Waals surface area contributed by atoms with E-state index in [1.807, 2.05) is 25.3 Å². The summed E-state index contributed by atoms with van der Waals surface area (Å²) in [5, 5.41) is 21.3. The molecule has 0 aliphatic heterocycles. The number of hydrogen-bond donors (Lipinski definition) is 2. The minimum Gasteiger partial charge on any atom is -0.501 e. The van der Waals surface area contributed by atoms with Gasteiger partial charge in [0.1, 0.15) is 24.0 Å². The van der Waals surface area contributed by atoms with Crippen molar-refractivity contribution in [1.82, 2.24) is 5.32 Å². The summed E-state index contributed by atoms with van der Waals surface area (Å²) in [5.41, 5.74) is 0.743. The summed E-state index contributed by atoms with van der Waals surface area (Å²) >= 11 is 1.47. The van der Waals surface area contributed by atoms with E-state index in [0.717, 1.165) is 36.1 Å². The first-order chi connectivity index (χ1) is 12.5. The van der Waals surface area contributed by atoms with Gasteiger partial charge in [-0.15, -0.1) is 11.8 Å². The van der Waals surface area contributed by atoms with E-state index in [4.69, 9.17) is 14.6 Å². The first kappa shape index (κ1) is 20.0. The third kappa shape index (κ3) is 5.09. The predicted octanol–water partition coefficient (Wildman–Crippen LogP) is 4.25. The van der Waals surface area contributed by atoms with E-state index in [1.54, 1.807) is 12.3 Å². The van der Waals surface area contributed by atoms with E-state index in [0.29, 0.717) is 17.9 Å². The maximum Gasteiger partial charge on any atom is 0.405 e. The van der Waals surface area contributed by atoms with Crippen molar-refractivity contribution >= 4 is 23.9 Å². The normalized spacial score (nSPS) is 15.6. The molecule has 26 heavy (non-hydrogen) atoms. The molecule has 1 aromatic rings. The summed E-state index contributed by atoms with van der Waals surface area (Å²) in [6, 6.07) is 5.90. The minimum atomic E-state index is -1.05. The van der Waals surface area contributed by atoms with Gasteiger partial charge in [-0.1, -0.05) is 12.8 Å². The highest BCUT2D eigenvalue weighted by atomic mass is 32.2. The molecule has 2 rings (SSSR count). The summed E-state index contributed by atoms with van der Waals surface area (Å²) in [4.78, 5) is 12.0. The van der Waals surface area contributed by atoms with Crippen LogP contribution in [0.25, 0.3) is 6.08 Å². The molecule has 0 unspecified atom stereocenters. The number of nitrogens with zero attached hydrogens (tertiary/aromatic N) is 1. The second kappa shape index (κ2) is 9.39. The zero-order valence-electron chi connectivity index (χ0n) is 15.1. The average molecular weight is 376 g/mol. The van der Waals surface area contributed by atoms with Crippen LogP contribution in [-0.4, -0.2) is 36.2 Å². The van der Waals surface area contributed by atoms with Crippen LogP contribution in [0.5, 0.6) is 5.75 Å². The molecule has 0 radical (unpaired) electrons. The molecule has 1 aliphatic rings. The predicted molar refractivity (Wildman–Crippen MR) is 101 cm³/mol. The van der Waals surface area contributed by atoms with Crippen LogP contribution in [0.4, 0.5) is 4.79 Å². The molecule has 0 aromatic heterocycles. The Kier molecular flexibility index (Phi) is 7.22. The largest absolute Gasteiger partial charge is 0.501 e. The highest BCUT2D eigenvalue weighted by Crippen LogP contribution is 2.34. The monoisotopic (exact) mass is 376 g/mol. The molecule has 1 fully saturated rings. The van der Waals surface area contributed by atoms with Gasteiger partial charge in [0, 0.05) is 4.90 Å². The molecule has 1 saturated carbocycles. The van der Waals surface area contributed by atoms with Crippen LogP contribution in [0.3, 0.4) is 0 Å². The average Bonchev–Trinajstić information content (AvgIpc) is 3.07. The standard InChI is InChI=1S/C19H24N2O4S/c1-3-24-9-6-14-10-16(15(12-20)17(11-14)26-2)25-13-19(21-18(22)23)7-4-5-8-19/h6,9-11,21H,3-5,7-8,13H2,1-2H3,(H,22,23)/b9-6+. The Morgan fingerprint density at radius 3 is 2.77 bits per heavy atom. The number of amides is 1. The molecule has 140 valence electrons. The van der Waals surface area contributed by atoms with E-state index in [9.17, 15) is 10.1 Å². The van der Waals surface area contributed by atoms with Crippen molar-refractivity contribution in [2.45, 2.75) is 43.0 Å². The number of ether oxygens (including phenoxy) is 2. The summed E-state index contributed by atoms with van der Waals surface area (Å²) in [7, 11) is 0. The van der Waals surface area contributed by atoms with Gasteiger partial charge in [0.15, 0.2) is 0 Å². The van der Waals surface area contributed by atoms with Crippen LogP contribution < -0.4 is 10.1 Å². The van der Waals surface area contributed by atoms with E-state index in [1.165, 1.54) is 11.8 Å². The van der Waals surface area contributed by atoms with Crippen molar-refractivity contribution < 1.29 is 19.4 Å². The van der Waals surface area contributed by atoms with Crippen LogP contribution in [0.15, 0.2) is 23.3 Å². The maximum absolute atomic E-state index is 11.2. The lowest BCUT2D eigenvalue weighted by Gasteiger charge is -2.29. The Morgan fingerprint density at radius 1 is 1.46 bits per heavy atom. The van der Waals surface area contributed by atoms with E-state index >= 15 is 0 Å². The topological polar surface area (TPSA) is 91.6 Å². The second-order valence-corrected chi connectivity index (χ2v) is 7.02. The lowest BCUT2D eigenvalue weighted by Crippen LogP contribution is -2.50. The number of carbonyl (C=O) groups is 1. The molecular formula is C19H24N2O4S. The van der Waals surface area contributed by atoms with Crippen LogP contribution in [-0.2, 0) is 4.74 Å². The molecule has 1 amide bonds. The summed E-state index contributed by atoms with van der Waals surface area (Å²) in [6.07, 6.45) is 7.68. The van der Waals surface area contributed by atoms with E-state index in [2.05, 4.69) is 11.4 Å². The molecule has 0 bridgehead atoms. The van der Waals surface area contributed by atoms with E-state index < -0.39 is 11.6 Å². The number of hydrogen-bond acceptors (Lipinski definition) is 5. The third-order valence-electron chi connectivity index (χ3n) is 4.38. The molecule has 7 heteroatoms. The lowest BCUT2D eigenvalue weighted by molar-refractivity contribution is 0.149. The van der Waals surface area contributed by atoms with Crippen LogP contribution in [0, 0.1) is 11.3 Å². The van der Waals surface area contributed by atoms with Crippen LogP contribution >= 0.6 is 11.8 Å². The van der Waals surface area contributed by atoms with Gasteiger partial charge >= 0.3 is 6.09 Å². The fraction of sp³-hybridized carbons (Fsp3) is 0.474. The smallest absolute Gasteiger partial charge is 0.405 e. The summed E-state index contributed by atoms with van der Waals surface area (Å²) in [6.45, 7) is 2.69. The van der Waals surface area contributed by atoms with Gasteiger partial charge in [0.25, 0.3) is 0 Å². The SMILES string of the molecule is CCO/C=C/c1cc(OCC2(NC(=O)O)CCCC2)c(C#N)c(SC)c1. The van der Waals surface area contributed by atoms with Crippen molar-refractivity contribution in [2.24, 2.45) is 0 Å². The van der Waals surface area contributed by atoms with E-state index in [-0.39, 0.29) is 6.61 Å². The first-order valence-electron chi connectivity index (χ1n) is 8.58. The van der Waals surface area contributed by atoms with Gasteiger partial charge in [-0.25, -0.2) is 4.79 Å². The molecule has 1 aliphatic carbocycles. The molecule has 2 N–H and O–H groups in total. The highest BCUT2D eigenvalue weighted by Gasteiger charge is 2.36. The quantitative estimate of drug-likeness (QED) is 0.521. The number of benzene rings is 1. The highest BCUT2D eigenvalue weighted by molar-refractivity contribution is 7.98. The summed E-state index contributed by atoms with van der Waals surface area (Å²) in [5.74, 6) is 0.467. The molecule has 0 spiro atoms. The van der Waals surface area contributed by atoms with Crippen molar-refractivity contribution in [1.29, 1.82) is 5.26 Å². The Morgan fingerprint density at radius 2 is 2.19 bits per heavy atom. The Labute approximate surface area is 158 Å². The molecular weight excluding hydrogens is 352 g/mol.